The van der Waals surface area contributed by atoms with Crippen LogP contribution < -0.4 is 0 Å². The molecule has 0 saturated heterocycles. The molecule has 0 amide bonds. The van der Waals surface area contributed by atoms with Crippen LogP contribution in [0.25, 0.3) is 11.3 Å². The molecule has 0 aliphatic heterocycles. The molecule has 8 nitrogen and oxygen atoms in total. The number of nitro groups is 1. The molecule has 3 aromatic rings. The van der Waals surface area contributed by atoms with Crippen molar-refractivity contribution in [3.05, 3.63) is 64.5 Å². The SMILES string of the molecule is COC(=O)c1cnc(Sc2ncc(-c3ccccc3)n2C)c([N+](=O)[O-])c1. The zero-order chi connectivity index (χ0) is 18.7. The molecular formula is C17H14N4O4S. The van der Waals surface area contributed by atoms with Crippen molar-refractivity contribution in [1.82, 2.24) is 14.5 Å². The Balaban J connectivity index is 1.96. The van der Waals surface area contributed by atoms with Gasteiger partial charge in [-0.25, -0.2) is 14.8 Å². The van der Waals surface area contributed by atoms with Gasteiger partial charge in [0.25, 0.3) is 0 Å². The third-order valence-corrected chi connectivity index (χ3v) is 4.72. The number of carbonyl (C=O) groups excluding carboxylic acids is 1. The summed E-state index contributed by atoms with van der Waals surface area (Å²) in [5.74, 6) is -0.680. The van der Waals surface area contributed by atoms with Crippen molar-refractivity contribution in [2.24, 2.45) is 7.05 Å². The molecule has 9 heteroatoms. The predicted octanol–water partition coefficient (Wildman–Crippen LogP) is 3.33. The molecule has 3 rings (SSSR count). The van der Waals surface area contributed by atoms with Gasteiger partial charge in [-0.05, 0) is 17.3 Å². The molecule has 0 unspecified atom stereocenters. The second kappa shape index (κ2) is 7.36. The topological polar surface area (TPSA) is 100 Å². The second-order valence-electron chi connectivity index (χ2n) is 5.25. The maximum Gasteiger partial charge on any atom is 0.339 e. The van der Waals surface area contributed by atoms with Crippen molar-refractivity contribution in [2.75, 3.05) is 7.11 Å². The van der Waals surface area contributed by atoms with Crippen LogP contribution in [0.5, 0.6) is 0 Å². The van der Waals surface area contributed by atoms with Gasteiger partial charge >= 0.3 is 11.7 Å². The molecule has 2 aromatic heterocycles. The van der Waals surface area contributed by atoms with E-state index in [0.717, 1.165) is 29.1 Å². The van der Waals surface area contributed by atoms with Crippen molar-refractivity contribution >= 4 is 23.4 Å². The van der Waals surface area contributed by atoms with E-state index < -0.39 is 10.9 Å². The number of esters is 1. The Bertz CT molecular complexity index is 972. The molecule has 2 heterocycles. The maximum absolute atomic E-state index is 11.6. The first kappa shape index (κ1) is 17.6. The van der Waals surface area contributed by atoms with Gasteiger partial charge in [-0.1, -0.05) is 30.3 Å². The molecule has 0 radical (unpaired) electrons. The van der Waals surface area contributed by atoms with Crippen molar-refractivity contribution in [1.29, 1.82) is 0 Å². The Kier molecular flexibility index (Phi) is 4.99. The lowest BCUT2D eigenvalue weighted by atomic mass is 10.2. The quantitative estimate of drug-likeness (QED) is 0.386. The van der Waals surface area contributed by atoms with Gasteiger partial charge < -0.3 is 9.30 Å². The molecule has 0 fully saturated rings. The van der Waals surface area contributed by atoms with E-state index >= 15 is 0 Å². The van der Waals surface area contributed by atoms with Gasteiger partial charge in [-0.2, -0.15) is 0 Å². The Morgan fingerprint density at radius 1 is 1.23 bits per heavy atom. The van der Waals surface area contributed by atoms with Gasteiger partial charge in [0.15, 0.2) is 10.2 Å². The fraction of sp³-hybridized carbons (Fsp3) is 0.118. The fourth-order valence-corrected chi connectivity index (χ4v) is 3.19. The number of ether oxygens (including phenoxy) is 1. The Morgan fingerprint density at radius 3 is 2.62 bits per heavy atom. The van der Waals surface area contributed by atoms with Crippen molar-refractivity contribution < 1.29 is 14.5 Å². The Labute approximate surface area is 153 Å². The van der Waals surface area contributed by atoms with Crippen LogP contribution in [0.15, 0.2) is 59.0 Å². The third-order valence-electron chi connectivity index (χ3n) is 3.65. The number of nitrogens with zero attached hydrogens (tertiary/aromatic N) is 4. The van der Waals surface area contributed by atoms with Gasteiger partial charge in [0, 0.05) is 19.3 Å². The molecule has 0 bridgehead atoms. The maximum atomic E-state index is 11.6. The summed E-state index contributed by atoms with van der Waals surface area (Å²) >= 11 is 1.06. The van der Waals surface area contributed by atoms with Crippen LogP contribution in [-0.2, 0) is 11.8 Å². The van der Waals surface area contributed by atoms with Crippen LogP contribution in [0.2, 0.25) is 0 Å². The molecular weight excluding hydrogens is 356 g/mol. The molecule has 0 aliphatic carbocycles. The number of rotatable bonds is 5. The Hall–Kier alpha value is -3.20. The highest BCUT2D eigenvalue weighted by atomic mass is 32.2. The number of carbonyl (C=O) groups is 1. The number of hydrogen-bond donors (Lipinski definition) is 0. The number of benzene rings is 1. The molecule has 0 saturated carbocycles. The summed E-state index contributed by atoms with van der Waals surface area (Å²) in [4.78, 5) is 30.7. The molecule has 0 aliphatic rings. The summed E-state index contributed by atoms with van der Waals surface area (Å²) in [6, 6.07) is 10.8. The van der Waals surface area contributed by atoms with Crippen LogP contribution >= 0.6 is 11.8 Å². The van der Waals surface area contributed by atoms with Crippen LogP contribution in [-0.4, -0.2) is 32.5 Å². The summed E-state index contributed by atoms with van der Waals surface area (Å²) in [5.41, 5.74) is 1.61. The van der Waals surface area contributed by atoms with Gasteiger partial charge in [-0.3, -0.25) is 10.1 Å². The minimum Gasteiger partial charge on any atom is -0.465 e. The smallest absolute Gasteiger partial charge is 0.339 e. The average molecular weight is 370 g/mol. The summed E-state index contributed by atoms with van der Waals surface area (Å²) in [6.45, 7) is 0. The van der Waals surface area contributed by atoms with Crippen LogP contribution in [0.1, 0.15) is 10.4 Å². The van der Waals surface area contributed by atoms with E-state index in [1.54, 1.807) is 6.20 Å². The fourth-order valence-electron chi connectivity index (χ4n) is 2.33. The van der Waals surface area contributed by atoms with E-state index in [4.69, 9.17) is 0 Å². The minimum atomic E-state index is -0.680. The van der Waals surface area contributed by atoms with Gasteiger partial charge in [0.1, 0.15) is 0 Å². The lowest BCUT2D eigenvalue weighted by molar-refractivity contribution is -0.388. The van der Waals surface area contributed by atoms with Gasteiger partial charge in [0.05, 0.1) is 29.5 Å². The summed E-state index contributed by atoms with van der Waals surface area (Å²) in [7, 11) is 3.03. The summed E-state index contributed by atoms with van der Waals surface area (Å²) in [5, 5.41) is 12.1. The normalized spacial score (nSPS) is 10.5. The van der Waals surface area contributed by atoms with E-state index in [1.165, 1.54) is 13.3 Å². The summed E-state index contributed by atoms with van der Waals surface area (Å²) in [6.07, 6.45) is 2.95. The lowest BCUT2D eigenvalue weighted by Gasteiger charge is -2.06. The lowest BCUT2D eigenvalue weighted by Crippen LogP contribution is -2.04. The highest BCUT2D eigenvalue weighted by Gasteiger charge is 2.22. The number of imidazole rings is 1. The van der Waals surface area contributed by atoms with E-state index in [2.05, 4.69) is 14.7 Å². The number of pyridine rings is 1. The average Bonchev–Trinajstić information content (AvgIpc) is 3.02. The zero-order valence-electron chi connectivity index (χ0n) is 13.9. The minimum absolute atomic E-state index is 0.0216. The number of hydrogen-bond acceptors (Lipinski definition) is 7. The molecule has 0 spiro atoms. The number of methoxy groups -OCH3 is 1. The highest BCUT2D eigenvalue weighted by molar-refractivity contribution is 7.99. The van der Waals surface area contributed by atoms with E-state index in [-0.39, 0.29) is 16.3 Å². The molecule has 26 heavy (non-hydrogen) atoms. The first-order valence-electron chi connectivity index (χ1n) is 7.49. The molecule has 132 valence electrons. The predicted molar refractivity (Wildman–Crippen MR) is 95.0 cm³/mol. The molecule has 0 atom stereocenters. The van der Waals surface area contributed by atoms with Crippen molar-refractivity contribution in [2.45, 2.75) is 10.2 Å². The highest BCUT2D eigenvalue weighted by Crippen LogP contribution is 2.34. The number of aromatic nitrogens is 3. The monoisotopic (exact) mass is 370 g/mol. The van der Waals surface area contributed by atoms with Crippen molar-refractivity contribution in [3.63, 3.8) is 0 Å². The molecule has 0 N–H and O–H groups in total. The third kappa shape index (κ3) is 3.42. The van der Waals surface area contributed by atoms with Crippen LogP contribution in [0.3, 0.4) is 0 Å². The van der Waals surface area contributed by atoms with Crippen LogP contribution in [0, 0.1) is 10.1 Å². The Morgan fingerprint density at radius 2 is 1.96 bits per heavy atom. The van der Waals surface area contributed by atoms with Gasteiger partial charge in [-0.15, -0.1) is 0 Å². The van der Waals surface area contributed by atoms with Crippen molar-refractivity contribution in [3.8, 4) is 11.3 Å². The molecule has 1 aromatic carbocycles. The van der Waals surface area contributed by atoms with E-state index in [9.17, 15) is 14.9 Å². The zero-order valence-corrected chi connectivity index (χ0v) is 14.8. The second-order valence-corrected chi connectivity index (χ2v) is 6.21. The first-order chi connectivity index (χ1) is 12.5. The summed E-state index contributed by atoms with van der Waals surface area (Å²) < 4.78 is 6.41. The van der Waals surface area contributed by atoms with Crippen LogP contribution in [0.4, 0.5) is 5.69 Å². The van der Waals surface area contributed by atoms with Gasteiger partial charge in [0.2, 0.25) is 0 Å². The standard InChI is InChI=1S/C17H14N4O4S/c1-20-14(11-6-4-3-5-7-11)10-19-17(20)26-15-13(21(23)24)8-12(9-18-15)16(22)25-2/h3-10H,1-2H3. The van der Waals surface area contributed by atoms with E-state index in [1.807, 2.05) is 41.9 Å². The first-order valence-corrected chi connectivity index (χ1v) is 8.30. The largest absolute Gasteiger partial charge is 0.465 e. The van der Waals surface area contributed by atoms with E-state index in [0.29, 0.717) is 5.16 Å².